The largest absolute Gasteiger partial charge is 0.303 e. The van der Waals surface area contributed by atoms with E-state index in [9.17, 15) is 0 Å². The van der Waals surface area contributed by atoms with Crippen LogP contribution in [0.2, 0.25) is 0 Å². The van der Waals surface area contributed by atoms with Gasteiger partial charge in [0.1, 0.15) is 0 Å². The van der Waals surface area contributed by atoms with E-state index in [0.717, 1.165) is 0 Å². The van der Waals surface area contributed by atoms with Gasteiger partial charge >= 0.3 is 0 Å². The third-order valence-corrected chi connectivity index (χ3v) is 0.246. The molecular formula is C4H6N. The summed E-state index contributed by atoms with van der Waals surface area (Å²) in [6, 6.07) is 0. The zero-order valence-corrected chi connectivity index (χ0v) is 2.99. The Balaban J connectivity index is 2.65. The van der Waals surface area contributed by atoms with Gasteiger partial charge in [0, 0.05) is 6.42 Å². The maximum absolute atomic E-state index is 6.28. The van der Waals surface area contributed by atoms with E-state index >= 15 is 0 Å². The Labute approximate surface area is 31.8 Å². The highest BCUT2D eigenvalue weighted by molar-refractivity contribution is 5.54. The van der Waals surface area contributed by atoms with Crippen LogP contribution in [0.3, 0.4) is 0 Å². The topological polar surface area (TPSA) is 23.9 Å². The summed E-state index contributed by atoms with van der Waals surface area (Å²) in [6.45, 7) is 3.37. The van der Waals surface area contributed by atoms with Gasteiger partial charge in [-0.25, -0.2) is 0 Å². The van der Waals surface area contributed by atoms with Crippen LogP contribution in [0.5, 0.6) is 0 Å². The summed E-state index contributed by atoms with van der Waals surface area (Å²) in [7, 11) is 0. The molecule has 0 unspecified atom stereocenters. The van der Waals surface area contributed by atoms with E-state index in [1.807, 2.05) is 0 Å². The predicted molar refractivity (Wildman–Crippen MR) is 22.5 cm³/mol. The van der Waals surface area contributed by atoms with Crippen LogP contribution in [0.4, 0.5) is 0 Å². The highest BCUT2D eigenvalue weighted by Gasteiger charge is 1.56. The molecular weight excluding hydrogens is 62.1 g/mol. The van der Waals surface area contributed by atoms with Crippen LogP contribution in [0.25, 0.3) is 0 Å². The Kier molecular flexibility index (Phi) is 3.01. The van der Waals surface area contributed by atoms with Crippen LogP contribution in [-0.4, -0.2) is 6.21 Å². The maximum Gasteiger partial charge on any atom is 0.0562 e. The lowest BCUT2D eigenvalue weighted by atomic mass is 10.5. The van der Waals surface area contributed by atoms with Gasteiger partial charge in [-0.05, 0) is 0 Å². The van der Waals surface area contributed by atoms with Gasteiger partial charge < -0.3 is 5.41 Å². The molecule has 0 rings (SSSR count). The molecule has 0 aromatic heterocycles. The first-order valence-corrected chi connectivity index (χ1v) is 1.42. The number of hydrogen-bond acceptors (Lipinski definition) is 1. The molecule has 0 heterocycles. The summed E-state index contributed by atoms with van der Waals surface area (Å²) in [6.07, 6.45) is 4.35. The van der Waals surface area contributed by atoms with Crippen molar-refractivity contribution in [1.29, 1.82) is 5.41 Å². The molecule has 0 saturated heterocycles. The van der Waals surface area contributed by atoms with Gasteiger partial charge in [-0.1, -0.05) is 6.08 Å². The molecule has 1 radical (unpaired) electrons. The molecule has 0 saturated carbocycles. The van der Waals surface area contributed by atoms with Crippen molar-refractivity contribution in [3.63, 3.8) is 0 Å². The van der Waals surface area contributed by atoms with Gasteiger partial charge in [0.15, 0.2) is 0 Å². The minimum absolute atomic E-state index is 0.569. The number of nitrogens with one attached hydrogen (secondary N) is 1. The fraction of sp³-hybridized carbons (Fsp3) is 0.250. The Hall–Kier alpha value is -0.590. The summed E-state index contributed by atoms with van der Waals surface area (Å²) in [5, 5.41) is 6.28. The van der Waals surface area contributed by atoms with E-state index < -0.39 is 0 Å². The lowest BCUT2D eigenvalue weighted by molar-refractivity contribution is 1.45. The molecule has 0 aromatic carbocycles. The van der Waals surface area contributed by atoms with E-state index in [1.165, 1.54) is 0 Å². The van der Waals surface area contributed by atoms with Crippen LogP contribution in [-0.2, 0) is 0 Å². The number of rotatable bonds is 2. The summed E-state index contributed by atoms with van der Waals surface area (Å²) in [4.78, 5) is 0. The quantitative estimate of drug-likeness (QED) is 0.370. The van der Waals surface area contributed by atoms with Crippen molar-refractivity contribution in [2.75, 3.05) is 0 Å². The van der Waals surface area contributed by atoms with Gasteiger partial charge in [-0.2, -0.15) is 0 Å². The molecule has 5 heavy (non-hydrogen) atoms. The normalized spacial score (nSPS) is 6.40. The minimum Gasteiger partial charge on any atom is -0.303 e. The van der Waals surface area contributed by atoms with E-state index in [1.54, 1.807) is 6.08 Å². The van der Waals surface area contributed by atoms with Crippen molar-refractivity contribution in [2.45, 2.75) is 6.42 Å². The Morgan fingerprint density at radius 3 is 2.60 bits per heavy atom. The molecule has 0 fully saturated rings. The van der Waals surface area contributed by atoms with Crippen LogP contribution in [0.1, 0.15) is 6.42 Å². The second kappa shape index (κ2) is 3.41. The van der Waals surface area contributed by atoms with Gasteiger partial charge in [0.2, 0.25) is 0 Å². The van der Waals surface area contributed by atoms with Crippen molar-refractivity contribution < 1.29 is 0 Å². The second-order valence-electron chi connectivity index (χ2n) is 0.670. The van der Waals surface area contributed by atoms with Crippen molar-refractivity contribution in [2.24, 2.45) is 0 Å². The minimum atomic E-state index is 0.569. The zero-order valence-electron chi connectivity index (χ0n) is 2.99. The third kappa shape index (κ3) is 3.41. The summed E-state index contributed by atoms with van der Waals surface area (Å²) < 4.78 is 0. The molecule has 0 aliphatic carbocycles. The Morgan fingerprint density at radius 2 is 2.60 bits per heavy atom. The molecule has 0 aliphatic rings. The summed E-state index contributed by atoms with van der Waals surface area (Å²) in [5.41, 5.74) is 0. The molecule has 1 nitrogen and oxygen atoms in total. The van der Waals surface area contributed by atoms with Crippen LogP contribution >= 0.6 is 0 Å². The SMILES string of the molecule is C=CC[C]=N. The van der Waals surface area contributed by atoms with Crippen molar-refractivity contribution in [3.8, 4) is 0 Å². The molecule has 0 atom stereocenters. The first kappa shape index (κ1) is 4.41. The number of hydrogen-bond donors (Lipinski definition) is 1. The van der Waals surface area contributed by atoms with Gasteiger partial charge in [0.05, 0.1) is 6.21 Å². The maximum atomic E-state index is 6.28. The van der Waals surface area contributed by atoms with Crippen molar-refractivity contribution in [3.05, 3.63) is 12.7 Å². The number of allylic oxidation sites excluding steroid dienone is 1. The highest BCUT2D eigenvalue weighted by Crippen LogP contribution is 1.64. The van der Waals surface area contributed by atoms with E-state index in [0.29, 0.717) is 6.42 Å². The second-order valence-corrected chi connectivity index (χ2v) is 0.670. The molecule has 1 N–H and O–H groups in total. The summed E-state index contributed by atoms with van der Waals surface area (Å²) >= 11 is 0. The van der Waals surface area contributed by atoms with Crippen LogP contribution < -0.4 is 0 Å². The molecule has 1 heteroatoms. The molecule has 0 amide bonds. The van der Waals surface area contributed by atoms with Gasteiger partial charge in [0.25, 0.3) is 0 Å². The van der Waals surface area contributed by atoms with E-state index in [4.69, 9.17) is 5.41 Å². The predicted octanol–water partition coefficient (Wildman–Crippen LogP) is 1.09. The molecule has 27 valence electrons. The van der Waals surface area contributed by atoms with Crippen LogP contribution in [0, 0.1) is 5.41 Å². The highest BCUT2D eigenvalue weighted by atomic mass is 14.3. The summed E-state index contributed by atoms with van der Waals surface area (Å²) in [5.74, 6) is 0. The molecule has 0 aromatic rings. The lowest BCUT2D eigenvalue weighted by Crippen LogP contribution is -1.57. The Bertz CT molecular complexity index is 32.9. The fourth-order valence-corrected chi connectivity index (χ4v) is 0.0722. The van der Waals surface area contributed by atoms with Crippen molar-refractivity contribution >= 4 is 6.21 Å². The first-order chi connectivity index (χ1) is 2.41. The fourth-order valence-electron chi connectivity index (χ4n) is 0.0722. The van der Waals surface area contributed by atoms with E-state index in [-0.39, 0.29) is 0 Å². The average Bonchev–Trinajstić information content (AvgIpc) is 1.41. The molecule has 0 aliphatic heterocycles. The van der Waals surface area contributed by atoms with Crippen LogP contribution in [0.15, 0.2) is 12.7 Å². The van der Waals surface area contributed by atoms with Gasteiger partial charge in [-0.15, -0.1) is 6.58 Å². The van der Waals surface area contributed by atoms with E-state index in [2.05, 4.69) is 12.8 Å². The monoisotopic (exact) mass is 68.1 g/mol. The average molecular weight is 68.1 g/mol. The zero-order chi connectivity index (χ0) is 4.12. The lowest BCUT2D eigenvalue weighted by Gasteiger charge is -1.61. The Morgan fingerprint density at radius 1 is 2.00 bits per heavy atom. The van der Waals surface area contributed by atoms with Crippen molar-refractivity contribution in [1.82, 2.24) is 0 Å². The molecule has 0 bridgehead atoms. The smallest absolute Gasteiger partial charge is 0.0562 e. The standard InChI is InChI=1S/C4H6N/c1-2-3-4-5/h2,5H,1,3H2. The van der Waals surface area contributed by atoms with Gasteiger partial charge in [-0.3, -0.25) is 0 Å². The first-order valence-electron chi connectivity index (χ1n) is 1.42. The molecule has 0 spiro atoms. The third-order valence-electron chi connectivity index (χ3n) is 0.246.